The topological polar surface area (TPSA) is 110 Å². The van der Waals surface area contributed by atoms with Gasteiger partial charge in [0.2, 0.25) is 11.8 Å². The molecule has 200 valence electrons. The summed E-state index contributed by atoms with van der Waals surface area (Å²) in [5.41, 5.74) is 7.05. The normalized spacial score (nSPS) is 16.4. The molecule has 0 unspecified atom stereocenters. The van der Waals surface area contributed by atoms with Crippen molar-refractivity contribution in [1.82, 2.24) is 14.9 Å². The van der Waals surface area contributed by atoms with Crippen LogP contribution < -0.4 is 15.8 Å². The molecule has 2 amide bonds. The minimum absolute atomic E-state index is 0.0363. The molecule has 2 fully saturated rings. The standard InChI is InChI=1S/C27H29F2N5O3S/c28-20-4-1-17(13-21(20)29)15-34-10-6-16(7-11-34)8-12-37-26-23(24(30)35)38-27(33-26)19-5-9-31-22(14-19)32-25(36)18-2-3-18/h1,4-5,9,13-14,16,18H,2-3,6-8,10-12,15H2,(H2,30,35)(H,31,32,36). The smallest absolute Gasteiger partial charge is 0.264 e. The van der Waals surface area contributed by atoms with Crippen LogP contribution >= 0.6 is 11.3 Å². The van der Waals surface area contributed by atoms with Crippen molar-refractivity contribution in [2.45, 2.75) is 38.6 Å². The fourth-order valence-electron chi connectivity index (χ4n) is 4.54. The Hall–Kier alpha value is -3.44. The van der Waals surface area contributed by atoms with E-state index in [9.17, 15) is 18.4 Å². The molecule has 1 saturated heterocycles. The summed E-state index contributed by atoms with van der Waals surface area (Å²) in [7, 11) is 0. The third-order valence-corrected chi connectivity index (χ3v) is 7.99. The summed E-state index contributed by atoms with van der Waals surface area (Å²) in [6.07, 6.45) is 6.11. The van der Waals surface area contributed by atoms with Crippen LogP contribution in [0.5, 0.6) is 5.88 Å². The monoisotopic (exact) mass is 541 g/mol. The number of carbonyl (C=O) groups is 2. The summed E-state index contributed by atoms with van der Waals surface area (Å²) in [5.74, 6) is -1.13. The van der Waals surface area contributed by atoms with Gasteiger partial charge in [0.05, 0.1) is 6.61 Å². The third-order valence-electron chi connectivity index (χ3n) is 6.89. The number of halogens is 2. The van der Waals surface area contributed by atoms with Gasteiger partial charge in [0.15, 0.2) is 16.5 Å². The van der Waals surface area contributed by atoms with E-state index < -0.39 is 17.5 Å². The van der Waals surface area contributed by atoms with Gasteiger partial charge >= 0.3 is 0 Å². The Kier molecular flexibility index (Phi) is 7.94. The van der Waals surface area contributed by atoms with E-state index in [1.165, 1.54) is 12.1 Å². The van der Waals surface area contributed by atoms with Crippen LogP contribution in [0.15, 0.2) is 36.5 Å². The van der Waals surface area contributed by atoms with Crippen molar-refractivity contribution in [1.29, 1.82) is 0 Å². The maximum Gasteiger partial charge on any atom is 0.264 e. The minimum atomic E-state index is -0.831. The molecule has 0 atom stereocenters. The summed E-state index contributed by atoms with van der Waals surface area (Å²) < 4.78 is 32.6. The Morgan fingerprint density at radius 3 is 2.61 bits per heavy atom. The maximum atomic E-state index is 13.5. The van der Waals surface area contributed by atoms with Crippen molar-refractivity contribution >= 4 is 29.0 Å². The molecule has 11 heteroatoms. The Balaban J connectivity index is 1.14. The van der Waals surface area contributed by atoms with E-state index in [2.05, 4.69) is 20.2 Å². The van der Waals surface area contributed by atoms with Gasteiger partial charge in [0.1, 0.15) is 10.8 Å². The van der Waals surface area contributed by atoms with Gasteiger partial charge in [-0.2, -0.15) is 0 Å². The first-order valence-corrected chi connectivity index (χ1v) is 13.5. The second-order valence-corrected chi connectivity index (χ2v) is 10.8. The number of rotatable bonds is 10. The third kappa shape index (κ3) is 6.51. The predicted octanol–water partition coefficient (Wildman–Crippen LogP) is 4.61. The molecule has 0 bridgehead atoms. The first-order chi connectivity index (χ1) is 18.4. The van der Waals surface area contributed by atoms with E-state index in [0.29, 0.717) is 35.5 Å². The van der Waals surface area contributed by atoms with Crippen molar-refractivity contribution in [3.8, 4) is 16.5 Å². The number of piperidine rings is 1. The average molecular weight is 542 g/mol. The molecule has 8 nitrogen and oxygen atoms in total. The number of anilines is 1. The number of hydrogen-bond donors (Lipinski definition) is 2. The van der Waals surface area contributed by atoms with Gasteiger partial charge in [-0.25, -0.2) is 18.7 Å². The Morgan fingerprint density at radius 1 is 1.11 bits per heavy atom. The predicted molar refractivity (Wildman–Crippen MR) is 140 cm³/mol. The van der Waals surface area contributed by atoms with Crippen LogP contribution in [0.4, 0.5) is 14.6 Å². The second-order valence-electron chi connectivity index (χ2n) is 9.82. The van der Waals surface area contributed by atoms with Gasteiger partial charge in [0, 0.05) is 24.2 Å². The molecular weight excluding hydrogens is 512 g/mol. The lowest BCUT2D eigenvalue weighted by Crippen LogP contribution is -2.33. The molecule has 2 aromatic heterocycles. The van der Waals surface area contributed by atoms with E-state index in [4.69, 9.17) is 10.5 Å². The number of likely N-dealkylation sites (tertiary alicyclic amines) is 1. The van der Waals surface area contributed by atoms with Gasteiger partial charge in [0.25, 0.3) is 5.91 Å². The number of ether oxygens (including phenoxy) is 1. The van der Waals surface area contributed by atoms with Crippen molar-refractivity contribution < 1.29 is 23.1 Å². The Bertz CT molecular complexity index is 1320. The molecule has 5 rings (SSSR count). The lowest BCUT2D eigenvalue weighted by molar-refractivity contribution is -0.117. The highest BCUT2D eigenvalue weighted by atomic mass is 32.1. The SMILES string of the molecule is NC(=O)c1sc(-c2ccnc(NC(=O)C3CC3)c2)nc1OCCC1CCN(Cc2ccc(F)c(F)c2)CC1. The van der Waals surface area contributed by atoms with Crippen LogP contribution in [-0.2, 0) is 11.3 Å². The summed E-state index contributed by atoms with van der Waals surface area (Å²) in [6.45, 7) is 2.71. The summed E-state index contributed by atoms with van der Waals surface area (Å²) in [4.78, 5) is 35.3. The molecule has 3 N–H and O–H groups in total. The molecule has 1 aliphatic heterocycles. The number of pyridine rings is 1. The van der Waals surface area contributed by atoms with Crippen LogP contribution in [0.2, 0.25) is 0 Å². The number of hydrogen-bond acceptors (Lipinski definition) is 7. The van der Waals surface area contributed by atoms with Crippen molar-refractivity contribution in [3.63, 3.8) is 0 Å². The van der Waals surface area contributed by atoms with Crippen molar-refractivity contribution in [2.24, 2.45) is 17.6 Å². The van der Waals surface area contributed by atoms with Crippen LogP contribution in [-0.4, -0.2) is 46.4 Å². The van der Waals surface area contributed by atoms with E-state index in [1.807, 2.05) is 0 Å². The molecule has 1 aromatic carbocycles. The Labute approximate surface area is 223 Å². The maximum absolute atomic E-state index is 13.5. The van der Waals surface area contributed by atoms with Crippen molar-refractivity contribution in [2.75, 3.05) is 25.0 Å². The lowest BCUT2D eigenvalue weighted by atomic mass is 9.93. The Morgan fingerprint density at radius 2 is 1.89 bits per heavy atom. The molecule has 3 heterocycles. The fraction of sp³-hybridized carbons (Fsp3) is 0.407. The van der Waals surface area contributed by atoms with Crippen LogP contribution in [0.1, 0.15) is 47.3 Å². The highest BCUT2D eigenvalue weighted by Gasteiger charge is 2.30. The zero-order valence-electron chi connectivity index (χ0n) is 20.8. The molecule has 1 saturated carbocycles. The number of thiazole rings is 1. The lowest BCUT2D eigenvalue weighted by Gasteiger charge is -2.32. The molecule has 1 aliphatic carbocycles. The van der Waals surface area contributed by atoms with Crippen LogP contribution in [0, 0.1) is 23.5 Å². The second kappa shape index (κ2) is 11.5. The van der Waals surface area contributed by atoms with Crippen molar-refractivity contribution in [3.05, 3.63) is 58.6 Å². The number of nitrogens with zero attached hydrogens (tertiary/aromatic N) is 3. The highest BCUT2D eigenvalue weighted by molar-refractivity contribution is 7.17. The minimum Gasteiger partial charge on any atom is -0.476 e. The average Bonchev–Trinajstić information content (AvgIpc) is 3.67. The number of primary amides is 1. The number of nitrogens with two attached hydrogens (primary N) is 1. The van der Waals surface area contributed by atoms with E-state index in [-0.39, 0.29) is 22.6 Å². The zero-order chi connectivity index (χ0) is 26.6. The molecule has 0 spiro atoms. The fourth-order valence-corrected chi connectivity index (χ4v) is 5.40. The molecule has 38 heavy (non-hydrogen) atoms. The number of benzene rings is 1. The van der Waals surface area contributed by atoms with E-state index >= 15 is 0 Å². The number of nitrogens with one attached hydrogen (secondary N) is 1. The van der Waals surface area contributed by atoms with Gasteiger partial charge in [-0.1, -0.05) is 6.07 Å². The highest BCUT2D eigenvalue weighted by Crippen LogP contribution is 2.34. The summed E-state index contributed by atoms with van der Waals surface area (Å²) >= 11 is 1.15. The number of aromatic nitrogens is 2. The first-order valence-electron chi connectivity index (χ1n) is 12.7. The molecular formula is C27H29F2N5O3S. The first kappa shape index (κ1) is 26.2. The van der Waals surface area contributed by atoms with Crippen LogP contribution in [0.25, 0.3) is 10.6 Å². The number of amides is 2. The zero-order valence-corrected chi connectivity index (χ0v) is 21.6. The van der Waals surface area contributed by atoms with Gasteiger partial charge < -0.3 is 15.8 Å². The van der Waals surface area contributed by atoms with E-state index in [1.54, 1.807) is 24.4 Å². The molecule has 2 aliphatic rings. The molecule has 3 aromatic rings. The van der Waals surface area contributed by atoms with Gasteiger partial charge in [-0.05, 0) is 80.9 Å². The summed E-state index contributed by atoms with van der Waals surface area (Å²) in [5, 5.41) is 3.38. The van der Waals surface area contributed by atoms with Gasteiger partial charge in [-0.15, -0.1) is 11.3 Å². The van der Waals surface area contributed by atoms with E-state index in [0.717, 1.165) is 62.1 Å². The number of carbonyl (C=O) groups excluding carboxylic acids is 2. The quantitative estimate of drug-likeness (QED) is 0.388. The molecule has 0 radical (unpaired) electrons. The van der Waals surface area contributed by atoms with Crippen LogP contribution in [0.3, 0.4) is 0 Å². The van der Waals surface area contributed by atoms with Gasteiger partial charge in [-0.3, -0.25) is 14.5 Å². The summed E-state index contributed by atoms with van der Waals surface area (Å²) in [6, 6.07) is 7.52. The largest absolute Gasteiger partial charge is 0.476 e.